The summed E-state index contributed by atoms with van der Waals surface area (Å²) >= 11 is 1.67. The lowest BCUT2D eigenvalue weighted by Gasteiger charge is -2.34. The Labute approximate surface area is 119 Å². The molecule has 1 fully saturated rings. The Hall–Kier alpha value is -0.870. The van der Waals surface area contributed by atoms with E-state index < -0.39 is 0 Å². The van der Waals surface area contributed by atoms with Crippen molar-refractivity contribution in [1.82, 2.24) is 4.90 Å². The first-order chi connectivity index (χ1) is 9.18. The zero-order valence-corrected chi connectivity index (χ0v) is 12.5. The minimum absolute atomic E-state index is 0.239. The summed E-state index contributed by atoms with van der Waals surface area (Å²) in [5, 5.41) is 4.16. The van der Waals surface area contributed by atoms with Crippen LogP contribution in [0.2, 0.25) is 0 Å². The lowest BCUT2D eigenvalue weighted by molar-refractivity contribution is -0.141. The van der Waals surface area contributed by atoms with Crippen LogP contribution in [-0.4, -0.2) is 24.4 Å². The van der Waals surface area contributed by atoms with Crippen LogP contribution in [0.15, 0.2) is 16.8 Å². The molecule has 0 aromatic carbocycles. The smallest absolute Gasteiger partial charge is 0.230 e. The molecule has 1 aliphatic rings. The van der Waals surface area contributed by atoms with Crippen LogP contribution in [0.4, 0.5) is 0 Å². The number of carbonyl (C=O) groups is 1. The van der Waals surface area contributed by atoms with Gasteiger partial charge in [-0.2, -0.15) is 11.3 Å². The van der Waals surface area contributed by atoms with E-state index in [0.717, 1.165) is 25.7 Å². The topological polar surface area (TPSA) is 46.3 Å². The molecule has 1 amide bonds. The molecule has 1 aromatic rings. The van der Waals surface area contributed by atoms with Gasteiger partial charge in [0, 0.05) is 20.1 Å². The summed E-state index contributed by atoms with van der Waals surface area (Å²) in [7, 11) is 1.91. The van der Waals surface area contributed by atoms with Gasteiger partial charge in [-0.05, 0) is 35.2 Å². The van der Waals surface area contributed by atoms with Gasteiger partial charge < -0.3 is 10.6 Å². The highest BCUT2D eigenvalue weighted by atomic mass is 32.1. The number of rotatable bonds is 4. The van der Waals surface area contributed by atoms with Crippen molar-refractivity contribution >= 4 is 17.2 Å². The molecule has 2 N–H and O–H groups in total. The van der Waals surface area contributed by atoms with Gasteiger partial charge >= 0.3 is 0 Å². The number of amides is 1. The van der Waals surface area contributed by atoms with Crippen LogP contribution in [0.1, 0.15) is 44.1 Å². The van der Waals surface area contributed by atoms with Crippen LogP contribution in [0.5, 0.6) is 0 Å². The van der Waals surface area contributed by atoms with Gasteiger partial charge in [-0.15, -0.1) is 0 Å². The average molecular weight is 280 g/mol. The van der Waals surface area contributed by atoms with Gasteiger partial charge in [0.05, 0.1) is 5.41 Å². The van der Waals surface area contributed by atoms with E-state index in [2.05, 4.69) is 16.8 Å². The second-order valence-corrected chi connectivity index (χ2v) is 6.47. The maximum atomic E-state index is 12.8. The van der Waals surface area contributed by atoms with Crippen molar-refractivity contribution in [2.45, 2.75) is 45.1 Å². The maximum absolute atomic E-state index is 12.8. The quantitative estimate of drug-likeness (QED) is 0.862. The first kappa shape index (κ1) is 14.5. The van der Waals surface area contributed by atoms with Crippen LogP contribution in [-0.2, 0) is 11.3 Å². The third-order valence-electron chi connectivity index (χ3n) is 4.25. The molecule has 0 aliphatic heterocycles. The fraction of sp³-hybridized carbons (Fsp3) is 0.667. The lowest BCUT2D eigenvalue weighted by Crippen LogP contribution is -2.46. The number of nitrogens with two attached hydrogens (primary N) is 1. The normalized spacial score (nSPS) is 18.8. The molecular formula is C15H24N2OS. The monoisotopic (exact) mass is 280 g/mol. The number of thiophene rings is 1. The summed E-state index contributed by atoms with van der Waals surface area (Å²) in [6.45, 7) is 1.18. The van der Waals surface area contributed by atoms with Gasteiger partial charge in [-0.1, -0.05) is 25.7 Å². The summed E-state index contributed by atoms with van der Waals surface area (Å²) in [5.41, 5.74) is 6.88. The Bertz CT molecular complexity index is 394. The number of hydrogen-bond donors (Lipinski definition) is 1. The van der Waals surface area contributed by atoms with Crippen molar-refractivity contribution in [3.63, 3.8) is 0 Å². The molecule has 2 rings (SSSR count). The van der Waals surface area contributed by atoms with Crippen LogP contribution in [0.25, 0.3) is 0 Å². The van der Waals surface area contributed by atoms with Gasteiger partial charge in [-0.25, -0.2) is 0 Å². The zero-order chi connectivity index (χ0) is 13.7. The number of hydrogen-bond acceptors (Lipinski definition) is 3. The second-order valence-electron chi connectivity index (χ2n) is 5.69. The molecule has 1 saturated carbocycles. The number of carbonyl (C=O) groups excluding carboxylic acids is 1. The minimum Gasteiger partial charge on any atom is -0.341 e. The number of nitrogens with zero attached hydrogens (tertiary/aromatic N) is 1. The molecule has 1 aliphatic carbocycles. The van der Waals surface area contributed by atoms with Gasteiger partial charge in [0.25, 0.3) is 0 Å². The largest absolute Gasteiger partial charge is 0.341 e. The molecule has 0 bridgehead atoms. The standard InChI is InChI=1S/C15H24N2OS/c1-17(10-13-6-9-19-11-13)14(18)15(12-16)7-4-2-3-5-8-15/h6,9,11H,2-5,7-8,10,12,16H2,1H3. The fourth-order valence-corrected chi connectivity index (χ4v) is 3.70. The third-order valence-corrected chi connectivity index (χ3v) is 4.98. The molecule has 0 spiro atoms. The molecule has 0 saturated heterocycles. The van der Waals surface area contributed by atoms with E-state index in [1.807, 2.05) is 11.9 Å². The van der Waals surface area contributed by atoms with E-state index in [1.165, 1.54) is 18.4 Å². The van der Waals surface area contributed by atoms with Gasteiger partial charge in [-0.3, -0.25) is 4.79 Å². The molecule has 3 nitrogen and oxygen atoms in total. The Balaban J connectivity index is 2.06. The highest BCUT2D eigenvalue weighted by molar-refractivity contribution is 7.07. The summed E-state index contributed by atoms with van der Waals surface area (Å²) in [6.07, 6.45) is 6.66. The summed E-state index contributed by atoms with van der Waals surface area (Å²) in [6, 6.07) is 2.08. The SMILES string of the molecule is CN(Cc1ccsc1)C(=O)C1(CN)CCCCCC1. The van der Waals surface area contributed by atoms with Crippen molar-refractivity contribution in [2.24, 2.45) is 11.1 Å². The van der Waals surface area contributed by atoms with Crippen LogP contribution < -0.4 is 5.73 Å². The molecule has 0 unspecified atom stereocenters. The lowest BCUT2D eigenvalue weighted by atomic mass is 9.79. The third kappa shape index (κ3) is 3.37. The van der Waals surface area contributed by atoms with E-state index in [4.69, 9.17) is 5.73 Å². The highest BCUT2D eigenvalue weighted by Crippen LogP contribution is 2.36. The predicted octanol–water partition coefficient (Wildman–Crippen LogP) is 3.01. The van der Waals surface area contributed by atoms with Crippen molar-refractivity contribution in [3.05, 3.63) is 22.4 Å². The van der Waals surface area contributed by atoms with Crippen LogP contribution in [0.3, 0.4) is 0 Å². The van der Waals surface area contributed by atoms with E-state index in [-0.39, 0.29) is 11.3 Å². The molecule has 19 heavy (non-hydrogen) atoms. The molecular weight excluding hydrogens is 256 g/mol. The second kappa shape index (κ2) is 6.53. The molecule has 106 valence electrons. The molecule has 1 aromatic heterocycles. The highest BCUT2D eigenvalue weighted by Gasteiger charge is 2.38. The maximum Gasteiger partial charge on any atom is 0.230 e. The predicted molar refractivity (Wildman–Crippen MR) is 80.0 cm³/mol. The first-order valence-corrected chi connectivity index (χ1v) is 8.09. The van der Waals surface area contributed by atoms with Crippen molar-refractivity contribution in [3.8, 4) is 0 Å². The Morgan fingerprint density at radius 2 is 2.05 bits per heavy atom. The van der Waals surface area contributed by atoms with Crippen molar-refractivity contribution in [2.75, 3.05) is 13.6 Å². The van der Waals surface area contributed by atoms with Crippen molar-refractivity contribution in [1.29, 1.82) is 0 Å². The Morgan fingerprint density at radius 1 is 1.37 bits per heavy atom. The van der Waals surface area contributed by atoms with Crippen molar-refractivity contribution < 1.29 is 4.79 Å². The van der Waals surface area contributed by atoms with Gasteiger partial charge in [0.2, 0.25) is 5.91 Å². The van der Waals surface area contributed by atoms with E-state index in [0.29, 0.717) is 13.1 Å². The Kier molecular flexibility index (Phi) is 4.99. The van der Waals surface area contributed by atoms with E-state index >= 15 is 0 Å². The summed E-state index contributed by atoms with van der Waals surface area (Å²) < 4.78 is 0. The van der Waals surface area contributed by atoms with E-state index in [1.54, 1.807) is 11.3 Å². The van der Waals surface area contributed by atoms with Gasteiger partial charge in [0.1, 0.15) is 0 Å². The Morgan fingerprint density at radius 3 is 2.58 bits per heavy atom. The van der Waals surface area contributed by atoms with E-state index in [9.17, 15) is 4.79 Å². The minimum atomic E-state index is -0.304. The fourth-order valence-electron chi connectivity index (χ4n) is 3.04. The molecule has 1 heterocycles. The molecule has 4 heteroatoms. The van der Waals surface area contributed by atoms with Crippen LogP contribution >= 0.6 is 11.3 Å². The van der Waals surface area contributed by atoms with Gasteiger partial charge in [0.15, 0.2) is 0 Å². The van der Waals surface area contributed by atoms with Crippen LogP contribution in [0, 0.1) is 5.41 Å². The average Bonchev–Trinajstić information content (AvgIpc) is 2.80. The summed E-state index contributed by atoms with van der Waals surface area (Å²) in [5.74, 6) is 0.239. The molecule has 0 radical (unpaired) electrons. The summed E-state index contributed by atoms with van der Waals surface area (Å²) in [4.78, 5) is 14.6. The molecule has 0 atom stereocenters. The first-order valence-electron chi connectivity index (χ1n) is 7.15. The zero-order valence-electron chi connectivity index (χ0n) is 11.7.